The molecular formula is C16H24N2O2. The van der Waals surface area contributed by atoms with Crippen LogP contribution >= 0.6 is 0 Å². The Balaban J connectivity index is 2.96. The van der Waals surface area contributed by atoms with Crippen molar-refractivity contribution in [2.45, 2.75) is 32.2 Å². The van der Waals surface area contributed by atoms with Crippen LogP contribution < -0.4 is 9.47 Å². The second-order valence-corrected chi connectivity index (χ2v) is 5.29. The van der Waals surface area contributed by atoms with Crippen molar-refractivity contribution in [3.63, 3.8) is 0 Å². The van der Waals surface area contributed by atoms with Gasteiger partial charge < -0.3 is 9.47 Å². The molecule has 0 heterocycles. The maximum Gasteiger partial charge on any atom is 0.161 e. The summed E-state index contributed by atoms with van der Waals surface area (Å²) < 4.78 is 11.0. The van der Waals surface area contributed by atoms with E-state index in [1.165, 1.54) is 0 Å². The largest absolute Gasteiger partial charge is 0.493 e. The molecule has 0 saturated heterocycles. The van der Waals surface area contributed by atoms with Crippen molar-refractivity contribution in [1.29, 1.82) is 5.26 Å². The van der Waals surface area contributed by atoms with Crippen LogP contribution in [-0.4, -0.2) is 38.3 Å². The SMILES string of the molecule is CCCOc1ccc(CC(C)(C#N)N(C)C)cc1OC. The molecule has 4 nitrogen and oxygen atoms in total. The maximum absolute atomic E-state index is 9.37. The molecule has 0 spiro atoms. The summed E-state index contributed by atoms with van der Waals surface area (Å²) in [4.78, 5) is 1.93. The molecule has 0 aliphatic carbocycles. The van der Waals surface area contributed by atoms with Gasteiger partial charge in [0.15, 0.2) is 11.5 Å². The van der Waals surface area contributed by atoms with Gasteiger partial charge in [-0.15, -0.1) is 0 Å². The van der Waals surface area contributed by atoms with E-state index in [1.54, 1.807) is 7.11 Å². The van der Waals surface area contributed by atoms with Crippen LogP contribution in [0.3, 0.4) is 0 Å². The number of hydrogen-bond donors (Lipinski definition) is 0. The summed E-state index contributed by atoms with van der Waals surface area (Å²) in [7, 11) is 5.46. The molecule has 0 aliphatic rings. The highest BCUT2D eigenvalue weighted by Crippen LogP contribution is 2.30. The van der Waals surface area contributed by atoms with Crippen LogP contribution in [0, 0.1) is 11.3 Å². The topological polar surface area (TPSA) is 45.5 Å². The van der Waals surface area contributed by atoms with E-state index in [-0.39, 0.29) is 0 Å². The van der Waals surface area contributed by atoms with E-state index < -0.39 is 5.54 Å². The Kier molecular flexibility index (Phi) is 5.84. The van der Waals surface area contributed by atoms with Crippen LogP contribution in [0.4, 0.5) is 0 Å². The van der Waals surface area contributed by atoms with E-state index in [9.17, 15) is 5.26 Å². The van der Waals surface area contributed by atoms with E-state index in [0.717, 1.165) is 23.5 Å². The van der Waals surface area contributed by atoms with Crippen molar-refractivity contribution in [1.82, 2.24) is 4.90 Å². The van der Waals surface area contributed by atoms with Crippen molar-refractivity contribution in [3.8, 4) is 17.6 Å². The van der Waals surface area contributed by atoms with Crippen molar-refractivity contribution >= 4 is 0 Å². The lowest BCUT2D eigenvalue weighted by Crippen LogP contribution is -2.41. The van der Waals surface area contributed by atoms with E-state index in [4.69, 9.17) is 9.47 Å². The Morgan fingerprint density at radius 2 is 2.00 bits per heavy atom. The number of ether oxygens (including phenoxy) is 2. The summed E-state index contributed by atoms with van der Waals surface area (Å²) in [5.74, 6) is 1.47. The number of rotatable bonds is 7. The molecule has 20 heavy (non-hydrogen) atoms. The minimum atomic E-state index is -0.531. The fourth-order valence-corrected chi connectivity index (χ4v) is 1.85. The van der Waals surface area contributed by atoms with Crippen LogP contribution in [0.5, 0.6) is 11.5 Å². The molecule has 0 aromatic heterocycles. The third-order valence-corrected chi connectivity index (χ3v) is 3.47. The Hall–Kier alpha value is -1.73. The lowest BCUT2D eigenvalue weighted by atomic mass is 9.93. The number of benzene rings is 1. The number of methoxy groups -OCH3 is 1. The van der Waals surface area contributed by atoms with Gasteiger partial charge >= 0.3 is 0 Å². The van der Waals surface area contributed by atoms with Crippen LogP contribution in [0.1, 0.15) is 25.8 Å². The molecule has 1 aromatic rings. The molecule has 0 N–H and O–H groups in total. The second-order valence-electron chi connectivity index (χ2n) is 5.29. The maximum atomic E-state index is 9.37. The summed E-state index contributed by atoms with van der Waals surface area (Å²) in [6.45, 7) is 4.67. The molecule has 1 rings (SSSR count). The summed E-state index contributed by atoms with van der Waals surface area (Å²) in [5, 5.41) is 9.37. The lowest BCUT2D eigenvalue weighted by molar-refractivity contribution is 0.236. The van der Waals surface area contributed by atoms with Gasteiger partial charge in [-0.2, -0.15) is 5.26 Å². The van der Waals surface area contributed by atoms with E-state index in [2.05, 4.69) is 13.0 Å². The lowest BCUT2D eigenvalue weighted by Gasteiger charge is -2.29. The van der Waals surface area contributed by atoms with Crippen molar-refractivity contribution in [3.05, 3.63) is 23.8 Å². The first-order valence-corrected chi connectivity index (χ1v) is 6.85. The summed E-state index contributed by atoms with van der Waals surface area (Å²) in [6.07, 6.45) is 1.60. The second kappa shape index (κ2) is 7.16. The zero-order valence-corrected chi connectivity index (χ0v) is 13.1. The molecule has 4 heteroatoms. The smallest absolute Gasteiger partial charge is 0.161 e. The van der Waals surface area contributed by atoms with Gasteiger partial charge in [0, 0.05) is 6.42 Å². The Morgan fingerprint density at radius 1 is 1.30 bits per heavy atom. The third-order valence-electron chi connectivity index (χ3n) is 3.47. The summed E-state index contributed by atoms with van der Waals surface area (Å²) >= 11 is 0. The number of nitriles is 1. The van der Waals surface area contributed by atoms with Gasteiger partial charge in [-0.3, -0.25) is 4.90 Å². The Labute approximate surface area is 121 Å². The van der Waals surface area contributed by atoms with Crippen molar-refractivity contribution < 1.29 is 9.47 Å². The van der Waals surface area contributed by atoms with Gasteiger partial charge in [-0.25, -0.2) is 0 Å². The number of nitrogens with zero attached hydrogens (tertiary/aromatic N) is 2. The molecule has 0 radical (unpaired) electrons. The molecule has 1 unspecified atom stereocenters. The van der Waals surface area contributed by atoms with Crippen LogP contribution in [-0.2, 0) is 6.42 Å². The standard InChI is InChI=1S/C16H24N2O2/c1-6-9-20-14-8-7-13(10-15(14)19-5)11-16(2,12-17)18(3)4/h7-8,10H,6,9,11H2,1-5H3. The zero-order chi connectivity index (χ0) is 15.2. The number of likely N-dealkylation sites (N-methyl/N-ethyl adjacent to an activating group) is 1. The Morgan fingerprint density at radius 3 is 2.50 bits per heavy atom. The van der Waals surface area contributed by atoms with Gasteiger partial charge in [-0.05, 0) is 45.1 Å². The molecule has 1 aromatic carbocycles. The fourth-order valence-electron chi connectivity index (χ4n) is 1.85. The minimum Gasteiger partial charge on any atom is -0.493 e. The van der Waals surface area contributed by atoms with E-state index in [0.29, 0.717) is 13.0 Å². The molecule has 110 valence electrons. The van der Waals surface area contributed by atoms with Crippen molar-refractivity contribution in [2.75, 3.05) is 27.8 Å². The van der Waals surface area contributed by atoms with Gasteiger partial charge in [-0.1, -0.05) is 13.0 Å². The van der Waals surface area contributed by atoms with Gasteiger partial charge in [0.2, 0.25) is 0 Å². The highest BCUT2D eigenvalue weighted by Gasteiger charge is 2.27. The first-order chi connectivity index (χ1) is 9.46. The minimum absolute atomic E-state index is 0.531. The quantitative estimate of drug-likeness (QED) is 0.768. The molecule has 0 amide bonds. The van der Waals surface area contributed by atoms with Crippen LogP contribution in [0.15, 0.2) is 18.2 Å². The Bertz CT molecular complexity index is 480. The molecule has 1 atom stereocenters. The van der Waals surface area contributed by atoms with E-state index in [1.807, 2.05) is 44.1 Å². The van der Waals surface area contributed by atoms with Crippen LogP contribution in [0.2, 0.25) is 0 Å². The molecular weight excluding hydrogens is 252 g/mol. The van der Waals surface area contributed by atoms with Crippen molar-refractivity contribution in [2.24, 2.45) is 0 Å². The monoisotopic (exact) mass is 276 g/mol. The average molecular weight is 276 g/mol. The normalized spacial score (nSPS) is 13.7. The molecule has 0 aliphatic heterocycles. The fraction of sp³-hybridized carbons (Fsp3) is 0.562. The predicted molar refractivity (Wildman–Crippen MR) is 80.2 cm³/mol. The highest BCUT2D eigenvalue weighted by atomic mass is 16.5. The highest BCUT2D eigenvalue weighted by molar-refractivity contribution is 5.43. The zero-order valence-electron chi connectivity index (χ0n) is 13.1. The van der Waals surface area contributed by atoms with Gasteiger partial charge in [0.1, 0.15) is 5.54 Å². The first kappa shape index (κ1) is 16.3. The van der Waals surface area contributed by atoms with Gasteiger partial charge in [0.25, 0.3) is 0 Å². The van der Waals surface area contributed by atoms with Gasteiger partial charge in [0.05, 0.1) is 19.8 Å². The summed E-state index contributed by atoms with van der Waals surface area (Å²) in [6, 6.07) is 8.22. The molecule has 0 bridgehead atoms. The molecule has 0 fully saturated rings. The number of hydrogen-bond acceptors (Lipinski definition) is 4. The summed E-state index contributed by atoms with van der Waals surface area (Å²) in [5.41, 5.74) is 0.528. The van der Waals surface area contributed by atoms with Crippen LogP contribution in [0.25, 0.3) is 0 Å². The van der Waals surface area contributed by atoms with E-state index >= 15 is 0 Å². The molecule has 0 saturated carbocycles. The first-order valence-electron chi connectivity index (χ1n) is 6.85. The predicted octanol–water partition coefficient (Wildman–Crippen LogP) is 2.87. The average Bonchev–Trinajstić information content (AvgIpc) is 2.45. The third kappa shape index (κ3) is 3.88.